The van der Waals surface area contributed by atoms with Crippen LogP contribution in [-0.4, -0.2) is 81.3 Å². The average molecular weight is 552 g/mol. The van der Waals surface area contributed by atoms with E-state index in [-0.39, 0.29) is 31.5 Å². The minimum atomic E-state index is -1.30. The van der Waals surface area contributed by atoms with Crippen LogP contribution in [0.15, 0.2) is 54.6 Å². The molecule has 2 aromatic carbocycles. The number of nitrogens with one attached hydrogen (secondary N) is 2. The number of hydrogen-bond acceptors (Lipinski definition) is 7. The van der Waals surface area contributed by atoms with Gasteiger partial charge in [-0.25, -0.2) is 19.8 Å². The van der Waals surface area contributed by atoms with Crippen LogP contribution in [0.4, 0.5) is 4.79 Å². The number of carbonyl (C=O) groups is 6. The zero-order valence-electron chi connectivity index (χ0n) is 21.5. The third-order valence-electron chi connectivity index (χ3n) is 6.46. The van der Waals surface area contributed by atoms with Crippen LogP contribution >= 0.6 is 0 Å². The Kier molecular flexibility index (Phi) is 8.94. The molecule has 3 N–H and O–H groups in total. The van der Waals surface area contributed by atoms with E-state index in [1.165, 1.54) is 12.1 Å². The minimum absolute atomic E-state index is 0.0981. The first-order valence-electron chi connectivity index (χ1n) is 12.7. The number of rotatable bonds is 10. The van der Waals surface area contributed by atoms with Crippen LogP contribution in [0, 0.1) is 0 Å². The number of carboxylic acid groups (broad SMARTS) is 1. The van der Waals surface area contributed by atoms with Gasteiger partial charge in [-0.1, -0.05) is 30.3 Å². The Bertz CT molecular complexity index is 1270. The molecule has 2 heterocycles. The summed E-state index contributed by atoms with van der Waals surface area (Å²) in [4.78, 5) is 74.5. The van der Waals surface area contributed by atoms with Crippen LogP contribution < -0.4 is 15.5 Å². The summed E-state index contributed by atoms with van der Waals surface area (Å²) in [5.74, 6) is -2.53. The second-order valence-corrected chi connectivity index (χ2v) is 9.29. The van der Waals surface area contributed by atoms with E-state index in [0.717, 1.165) is 20.6 Å². The summed E-state index contributed by atoms with van der Waals surface area (Å²) < 4.78 is 5.73. The second kappa shape index (κ2) is 12.7. The van der Waals surface area contributed by atoms with Crippen LogP contribution in [0.3, 0.4) is 0 Å². The Labute approximate surface area is 229 Å². The number of aldehydes is 1. The molecule has 0 radical (unpaired) electrons. The number of nitrogens with zero attached hydrogens (tertiary/aromatic N) is 3. The Morgan fingerprint density at radius 1 is 1.05 bits per heavy atom. The number of benzene rings is 2. The Morgan fingerprint density at radius 3 is 2.45 bits per heavy atom. The van der Waals surface area contributed by atoms with Crippen LogP contribution in [0.1, 0.15) is 41.6 Å². The highest BCUT2D eigenvalue weighted by Gasteiger charge is 2.44. The van der Waals surface area contributed by atoms with Crippen molar-refractivity contribution in [2.45, 2.75) is 44.4 Å². The monoisotopic (exact) mass is 551 g/mol. The number of carboxylic acids is 1. The number of carbonyl (C=O) groups excluding carboxylic acids is 5. The highest BCUT2D eigenvalue weighted by molar-refractivity contribution is 5.97. The van der Waals surface area contributed by atoms with E-state index >= 15 is 0 Å². The molecule has 5 amide bonds. The fourth-order valence-electron chi connectivity index (χ4n) is 4.45. The number of ether oxygens (including phenoxy) is 1. The van der Waals surface area contributed by atoms with Crippen molar-refractivity contribution in [1.82, 2.24) is 25.8 Å². The van der Waals surface area contributed by atoms with E-state index in [4.69, 9.17) is 9.84 Å². The molecule has 0 aromatic heterocycles. The van der Waals surface area contributed by atoms with Gasteiger partial charge in [0.25, 0.3) is 5.91 Å². The lowest BCUT2D eigenvalue weighted by Gasteiger charge is -2.42. The summed E-state index contributed by atoms with van der Waals surface area (Å²) in [5.41, 5.74) is 3.74. The number of fused-ring (bicyclic) bond motifs is 1. The molecule has 2 aromatic rings. The molecule has 210 valence electrons. The smallest absolute Gasteiger partial charge is 0.358 e. The maximum absolute atomic E-state index is 13.5. The molecule has 40 heavy (non-hydrogen) atoms. The predicted molar refractivity (Wildman–Crippen MR) is 138 cm³/mol. The Hall–Kier alpha value is -4.94. The molecule has 13 heteroatoms. The maximum atomic E-state index is 13.5. The molecule has 0 bridgehead atoms. The van der Waals surface area contributed by atoms with E-state index in [2.05, 4.69) is 10.7 Å². The first-order chi connectivity index (χ1) is 19.3. The predicted octanol–water partition coefficient (Wildman–Crippen LogP) is 1.10. The van der Waals surface area contributed by atoms with E-state index in [9.17, 15) is 28.8 Å². The van der Waals surface area contributed by atoms with Crippen LogP contribution in [0.25, 0.3) is 0 Å². The van der Waals surface area contributed by atoms with Gasteiger partial charge in [-0.05, 0) is 42.7 Å². The van der Waals surface area contributed by atoms with Gasteiger partial charge in [0, 0.05) is 18.5 Å². The summed E-state index contributed by atoms with van der Waals surface area (Å²) in [5, 5.41) is 14.4. The average Bonchev–Trinajstić information content (AvgIpc) is 3.08. The van der Waals surface area contributed by atoms with Gasteiger partial charge in [-0.2, -0.15) is 0 Å². The van der Waals surface area contributed by atoms with Crippen molar-refractivity contribution in [1.29, 1.82) is 0 Å². The van der Waals surface area contributed by atoms with Gasteiger partial charge in [0.15, 0.2) is 0 Å². The molecular formula is C27H29N5O8. The van der Waals surface area contributed by atoms with Crippen molar-refractivity contribution in [3.63, 3.8) is 0 Å². The Balaban J connectivity index is 1.43. The lowest BCUT2D eigenvalue weighted by Crippen LogP contribution is -2.64. The first kappa shape index (κ1) is 28.1. The number of urea groups is 1. The summed E-state index contributed by atoms with van der Waals surface area (Å²) in [6.45, 7) is 0.416. The quantitative estimate of drug-likeness (QED) is 0.369. The number of aliphatic carboxylic acids is 1. The van der Waals surface area contributed by atoms with Crippen molar-refractivity contribution in [3.8, 4) is 5.75 Å². The maximum Gasteiger partial charge on any atom is 0.358 e. The molecule has 0 saturated carbocycles. The summed E-state index contributed by atoms with van der Waals surface area (Å²) in [6, 6.07) is 12.6. The zero-order valence-corrected chi connectivity index (χ0v) is 21.5. The molecule has 2 saturated heterocycles. The molecule has 0 aliphatic carbocycles. The molecule has 4 rings (SSSR count). The molecule has 0 spiro atoms. The van der Waals surface area contributed by atoms with Crippen molar-refractivity contribution in [2.75, 3.05) is 13.1 Å². The first-order valence-corrected chi connectivity index (χ1v) is 12.7. The van der Waals surface area contributed by atoms with Crippen molar-refractivity contribution < 1.29 is 38.6 Å². The molecule has 13 nitrogen and oxygen atoms in total. The lowest BCUT2D eigenvalue weighted by atomic mass is 10.1. The summed E-state index contributed by atoms with van der Waals surface area (Å²) >= 11 is 0. The van der Waals surface area contributed by atoms with Gasteiger partial charge >= 0.3 is 12.0 Å². The third kappa shape index (κ3) is 6.73. The number of hydrogen-bond donors (Lipinski definition) is 3. The SMILES string of the molecule is O=CC(CC(=O)O)NC(=O)C1CCCN2C(=O)CCN(NC(=O)c3ccc(OCc4ccccc4)cc3)C(=O)N12. The van der Waals surface area contributed by atoms with Gasteiger partial charge in [0.1, 0.15) is 24.7 Å². The van der Waals surface area contributed by atoms with Crippen molar-refractivity contribution >= 4 is 36.0 Å². The van der Waals surface area contributed by atoms with Crippen LogP contribution in [0.5, 0.6) is 5.75 Å². The molecular weight excluding hydrogens is 522 g/mol. The normalized spacial score (nSPS) is 17.8. The van der Waals surface area contributed by atoms with Gasteiger partial charge in [0.05, 0.1) is 19.0 Å². The largest absolute Gasteiger partial charge is 0.489 e. The van der Waals surface area contributed by atoms with Crippen LogP contribution in [0.2, 0.25) is 0 Å². The van der Waals surface area contributed by atoms with Gasteiger partial charge in [0.2, 0.25) is 11.8 Å². The molecule has 2 aliphatic heterocycles. The van der Waals surface area contributed by atoms with E-state index in [1.54, 1.807) is 12.1 Å². The molecule has 2 fully saturated rings. The standard InChI is InChI=1S/C27H29N5O8/c33-16-20(15-24(35)36)28-26(38)22-7-4-13-31-23(34)12-14-30(27(39)32(22)31)29-25(37)19-8-10-21(11-9-19)40-17-18-5-2-1-3-6-18/h1-3,5-6,8-11,16,20,22H,4,7,12-15,17H2,(H,28,38)(H,29,37)(H,35,36). The topological polar surface area (TPSA) is 166 Å². The van der Waals surface area contributed by atoms with Crippen molar-refractivity contribution in [2.24, 2.45) is 0 Å². The Morgan fingerprint density at radius 2 is 1.77 bits per heavy atom. The summed E-state index contributed by atoms with van der Waals surface area (Å²) in [6.07, 6.45) is 0.151. The molecule has 2 unspecified atom stereocenters. The fraction of sp³-hybridized carbons (Fsp3) is 0.333. The van der Waals surface area contributed by atoms with Crippen molar-refractivity contribution in [3.05, 3.63) is 65.7 Å². The van der Waals surface area contributed by atoms with Gasteiger partial charge < -0.3 is 20.0 Å². The van der Waals surface area contributed by atoms with E-state index < -0.39 is 48.2 Å². The minimum Gasteiger partial charge on any atom is -0.489 e. The van der Waals surface area contributed by atoms with Gasteiger partial charge in [-0.3, -0.25) is 24.6 Å². The van der Waals surface area contributed by atoms with Crippen LogP contribution in [-0.2, 0) is 25.8 Å². The third-order valence-corrected chi connectivity index (χ3v) is 6.46. The molecule has 2 aliphatic rings. The lowest BCUT2D eigenvalue weighted by molar-refractivity contribution is -0.155. The summed E-state index contributed by atoms with van der Waals surface area (Å²) in [7, 11) is 0. The molecule has 2 atom stereocenters. The van der Waals surface area contributed by atoms with E-state index in [1.807, 2.05) is 30.3 Å². The van der Waals surface area contributed by atoms with E-state index in [0.29, 0.717) is 25.1 Å². The highest BCUT2D eigenvalue weighted by atomic mass is 16.5. The highest BCUT2D eigenvalue weighted by Crippen LogP contribution is 2.24. The zero-order chi connectivity index (χ0) is 28.6. The van der Waals surface area contributed by atoms with Gasteiger partial charge in [-0.15, -0.1) is 0 Å². The number of amides is 5. The second-order valence-electron chi connectivity index (χ2n) is 9.29. The fourth-order valence-corrected chi connectivity index (χ4v) is 4.45. The number of hydrazine groups is 2.